The molecule has 5 heteroatoms. The van der Waals surface area contributed by atoms with Crippen LogP contribution in [0.25, 0.3) is 0 Å². The molecule has 1 aromatic rings. The van der Waals surface area contributed by atoms with Crippen LogP contribution in [0.2, 0.25) is 0 Å². The predicted molar refractivity (Wildman–Crippen MR) is 36.2 cm³/mol. The molecule has 0 aromatic carbocycles. The first-order chi connectivity index (χ1) is 4.75. The summed E-state index contributed by atoms with van der Waals surface area (Å²) >= 11 is 3.82. The second-order valence-corrected chi connectivity index (χ2v) is 2.00. The summed E-state index contributed by atoms with van der Waals surface area (Å²) in [7, 11) is 0. The van der Waals surface area contributed by atoms with E-state index in [4.69, 9.17) is 0 Å². The average Bonchev–Trinajstić information content (AvgIpc) is 2.33. The van der Waals surface area contributed by atoms with E-state index in [0.717, 1.165) is 4.57 Å². The summed E-state index contributed by atoms with van der Waals surface area (Å²) in [6.45, 7) is -2.51. The van der Waals surface area contributed by atoms with Gasteiger partial charge in [0.2, 0.25) is 0 Å². The summed E-state index contributed by atoms with van der Waals surface area (Å²) in [5, 5.41) is 0. The zero-order valence-corrected chi connectivity index (χ0v) is 5.93. The molecule has 1 heterocycles. The molecule has 0 unspecified atom stereocenters. The van der Waals surface area contributed by atoms with E-state index in [1.165, 1.54) is 12.4 Å². The lowest BCUT2D eigenvalue weighted by molar-refractivity contribution is 0.0678. The summed E-state index contributed by atoms with van der Waals surface area (Å²) in [4.78, 5) is 3.66. The third-order valence-corrected chi connectivity index (χ3v) is 1.38. The quantitative estimate of drug-likeness (QED) is 0.659. The molecule has 0 N–H and O–H groups in total. The first-order valence-electron chi connectivity index (χ1n) is 2.66. The fourth-order valence-corrected chi connectivity index (χ4v) is 0.889. The Labute approximate surface area is 62.3 Å². The van der Waals surface area contributed by atoms with Gasteiger partial charge in [0.05, 0.1) is 0 Å². The molecule has 0 saturated heterocycles. The normalized spacial score (nSPS) is 10.8. The number of rotatable bonds is 2. The Kier molecular flexibility index (Phi) is 2.26. The van der Waals surface area contributed by atoms with Gasteiger partial charge in [-0.3, -0.25) is 4.57 Å². The molecule has 0 aliphatic rings. The van der Waals surface area contributed by atoms with Gasteiger partial charge >= 0.3 is 6.55 Å². The number of thiol groups is 1. The number of hydrogen-bond donors (Lipinski definition) is 1. The second-order valence-electron chi connectivity index (χ2n) is 1.69. The number of nitrogens with zero attached hydrogens (tertiary/aromatic N) is 2. The van der Waals surface area contributed by atoms with Gasteiger partial charge in [-0.1, -0.05) is 0 Å². The van der Waals surface area contributed by atoms with Crippen molar-refractivity contribution in [3.05, 3.63) is 18.2 Å². The van der Waals surface area contributed by atoms with Crippen LogP contribution in [0.3, 0.4) is 0 Å². The van der Waals surface area contributed by atoms with Gasteiger partial charge in [0.25, 0.3) is 0 Å². The zero-order chi connectivity index (χ0) is 7.56. The fraction of sp³-hybridized carbons (Fsp3) is 0.400. The van der Waals surface area contributed by atoms with Gasteiger partial charge in [-0.2, -0.15) is 21.4 Å². The van der Waals surface area contributed by atoms with Crippen LogP contribution in [0.4, 0.5) is 8.78 Å². The van der Waals surface area contributed by atoms with Crippen LogP contribution < -0.4 is 0 Å². The third kappa shape index (κ3) is 1.29. The SMILES string of the molecule is FC(F)n1ccnc1CS. The third-order valence-electron chi connectivity index (χ3n) is 1.10. The van der Waals surface area contributed by atoms with Crippen LogP contribution in [-0.4, -0.2) is 9.55 Å². The molecule has 0 radical (unpaired) electrons. The van der Waals surface area contributed by atoms with Crippen molar-refractivity contribution in [2.75, 3.05) is 0 Å². The number of alkyl halides is 2. The molecule has 2 nitrogen and oxygen atoms in total. The van der Waals surface area contributed by atoms with Crippen LogP contribution in [0.15, 0.2) is 12.4 Å². The van der Waals surface area contributed by atoms with Gasteiger partial charge in [-0.25, -0.2) is 4.98 Å². The smallest absolute Gasteiger partial charge is 0.277 e. The molecule has 0 bridgehead atoms. The van der Waals surface area contributed by atoms with E-state index in [2.05, 4.69) is 17.6 Å². The number of imidazole rings is 1. The minimum absolute atomic E-state index is 0.233. The molecular formula is C5H6F2N2S. The van der Waals surface area contributed by atoms with Crippen molar-refractivity contribution < 1.29 is 8.78 Å². The van der Waals surface area contributed by atoms with Crippen LogP contribution in [0, 0.1) is 0 Å². The number of halogens is 2. The van der Waals surface area contributed by atoms with Crippen LogP contribution in [-0.2, 0) is 5.75 Å². The Morgan fingerprint density at radius 3 is 2.80 bits per heavy atom. The Bertz CT molecular complexity index is 211. The van der Waals surface area contributed by atoms with E-state index in [-0.39, 0.29) is 5.75 Å². The topological polar surface area (TPSA) is 17.8 Å². The minimum Gasteiger partial charge on any atom is -0.277 e. The molecule has 1 aromatic heterocycles. The van der Waals surface area contributed by atoms with Crippen molar-refractivity contribution in [2.24, 2.45) is 0 Å². The molecule has 0 aliphatic heterocycles. The number of hydrogen-bond acceptors (Lipinski definition) is 2. The molecule has 0 aliphatic carbocycles. The van der Waals surface area contributed by atoms with Gasteiger partial charge < -0.3 is 0 Å². The summed E-state index contributed by atoms with van der Waals surface area (Å²) < 4.78 is 24.7. The highest BCUT2D eigenvalue weighted by atomic mass is 32.1. The van der Waals surface area contributed by atoms with Crippen molar-refractivity contribution in [1.82, 2.24) is 9.55 Å². The van der Waals surface area contributed by atoms with E-state index in [9.17, 15) is 8.78 Å². The molecule has 0 fully saturated rings. The van der Waals surface area contributed by atoms with Crippen LogP contribution in [0.1, 0.15) is 12.4 Å². The molecular weight excluding hydrogens is 158 g/mol. The Morgan fingerprint density at radius 2 is 2.40 bits per heavy atom. The van der Waals surface area contributed by atoms with Crippen molar-refractivity contribution in [2.45, 2.75) is 12.3 Å². The molecule has 56 valence electrons. The largest absolute Gasteiger partial charge is 0.319 e. The average molecular weight is 164 g/mol. The Balaban J connectivity index is 2.90. The standard InChI is InChI=1S/C5H6F2N2S/c6-5(7)9-2-1-8-4(9)3-10/h1-2,5,10H,3H2. The monoisotopic (exact) mass is 164 g/mol. The molecule has 10 heavy (non-hydrogen) atoms. The van der Waals surface area contributed by atoms with E-state index < -0.39 is 6.55 Å². The maximum absolute atomic E-state index is 11.9. The first-order valence-corrected chi connectivity index (χ1v) is 3.29. The van der Waals surface area contributed by atoms with Crippen molar-refractivity contribution in [1.29, 1.82) is 0 Å². The minimum atomic E-state index is -2.51. The Hall–Kier alpha value is -0.580. The van der Waals surface area contributed by atoms with E-state index in [0.29, 0.717) is 5.82 Å². The summed E-state index contributed by atoms with van der Waals surface area (Å²) in [6, 6.07) is 0. The van der Waals surface area contributed by atoms with Crippen LogP contribution >= 0.6 is 12.6 Å². The van der Waals surface area contributed by atoms with Gasteiger partial charge in [-0.05, 0) is 0 Å². The molecule has 0 spiro atoms. The highest BCUT2D eigenvalue weighted by Crippen LogP contribution is 2.12. The van der Waals surface area contributed by atoms with Crippen molar-refractivity contribution in [3.8, 4) is 0 Å². The maximum atomic E-state index is 11.9. The van der Waals surface area contributed by atoms with Crippen molar-refractivity contribution >= 4 is 12.6 Å². The second kappa shape index (κ2) is 3.01. The lowest BCUT2D eigenvalue weighted by atomic mass is 10.7. The predicted octanol–water partition coefficient (Wildman–Crippen LogP) is 1.71. The lowest BCUT2D eigenvalue weighted by Gasteiger charge is -2.01. The molecule has 1 rings (SSSR count). The van der Waals surface area contributed by atoms with E-state index in [1.807, 2.05) is 0 Å². The maximum Gasteiger partial charge on any atom is 0.319 e. The zero-order valence-electron chi connectivity index (χ0n) is 5.04. The summed E-state index contributed by atoms with van der Waals surface area (Å²) in [5.41, 5.74) is 0. The summed E-state index contributed by atoms with van der Waals surface area (Å²) in [5.74, 6) is 0.524. The summed E-state index contributed by atoms with van der Waals surface area (Å²) in [6.07, 6.45) is 2.56. The van der Waals surface area contributed by atoms with Gasteiger partial charge in [0, 0.05) is 18.1 Å². The molecule has 0 atom stereocenters. The van der Waals surface area contributed by atoms with E-state index >= 15 is 0 Å². The molecule has 0 saturated carbocycles. The lowest BCUT2D eigenvalue weighted by Crippen LogP contribution is -2.00. The van der Waals surface area contributed by atoms with E-state index in [1.54, 1.807) is 0 Å². The van der Waals surface area contributed by atoms with Gasteiger partial charge in [0.15, 0.2) is 0 Å². The highest BCUT2D eigenvalue weighted by molar-refractivity contribution is 7.79. The fourth-order valence-electron chi connectivity index (χ4n) is 0.644. The number of aromatic nitrogens is 2. The Morgan fingerprint density at radius 1 is 1.70 bits per heavy atom. The highest BCUT2D eigenvalue weighted by Gasteiger charge is 2.08. The van der Waals surface area contributed by atoms with Crippen LogP contribution in [0.5, 0.6) is 0 Å². The molecule has 0 amide bonds. The first kappa shape index (κ1) is 7.53. The van der Waals surface area contributed by atoms with Gasteiger partial charge in [0.1, 0.15) is 5.82 Å². The van der Waals surface area contributed by atoms with Crippen molar-refractivity contribution in [3.63, 3.8) is 0 Å². The van der Waals surface area contributed by atoms with Gasteiger partial charge in [-0.15, -0.1) is 0 Å².